The highest BCUT2D eigenvalue weighted by Gasteiger charge is 2.30. The van der Waals surface area contributed by atoms with Crippen LogP contribution in [-0.4, -0.2) is 28.4 Å². The van der Waals surface area contributed by atoms with Gasteiger partial charge < -0.3 is 10.0 Å². The first-order valence-corrected chi connectivity index (χ1v) is 5.85. The maximum Gasteiger partial charge on any atom is 0.306 e. The van der Waals surface area contributed by atoms with Crippen molar-refractivity contribution in [2.24, 2.45) is 5.92 Å². The number of rotatable bonds is 4. The number of nitrogens with zero attached hydrogens (tertiary/aromatic N) is 1. The summed E-state index contributed by atoms with van der Waals surface area (Å²) in [5.41, 5.74) is 2.14. The molecule has 1 unspecified atom stereocenters. The van der Waals surface area contributed by atoms with E-state index in [4.69, 9.17) is 5.11 Å². The third-order valence-corrected chi connectivity index (χ3v) is 3.25. The lowest BCUT2D eigenvalue weighted by atomic mass is 10.1. The number of carbonyl (C=O) groups is 2. The molecule has 1 aromatic carbocycles. The monoisotopic (exact) mass is 245 g/mol. The van der Waals surface area contributed by atoms with E-state index in [1.807, 2.05) is 18.2 Å². The number of hydrogen-bond donors (Lipinski definition) is 1. The molecule has 1 heterocycles. The molecule has 4 nitrogen and oxygen atoms in total. The van der Waals surface area contributed by atoms with Crippen LogP contribution in [0.3, 0.4) is 0 Å². The second kappa shape index (κ2) is 4.64. The molecule has 2 rings (SSSR count). The summed E-state index contributed by atoms with van der Waals surface area (Å²) in [4.78, 5) is 24.4. The van der Waals surface area contributed by atoms with Gasteiger partial charge in [-0.2, -0.15) is 0 Å². The molecule has 1 atom stereocenters. The molecule has 0 bridgehead atoms. The van der Waals surface area contributed by atoms with E-state index in [0.29, 0.717) is 24.2 Å². The average Bonchev–Trinajstić information content (AvgIpc) is 2.60. The number of aliphatic carboxylic acids is 1. The number of carbonyl (C=O) groups excluding carboxylic acids is 1. The van der Waals surface area contributed by atoms with Crippen LogP contribution in [0.2, 0.25) is 0 Å². The summed E-state index contributed by atoms with van der Waals surface area (Å²) in [5, 5.41) is 8.84. The summed E-state index contributed by atoms with van der Waals surface area (Å²) >= 11 is 0. The Kier molecular flexibility index (Phi) is 3.19. The minimum absolute atomic E-state index is 0.0896. The van der Waals surface area contributed by atoms with Crippen molar-refractivity contribution in [3.63, 3.8) is 0 Å². The van der Waals surface area contributed by atoms with Crippen molar-refractivity contribution in [3.05, 3.63) is 42.0 Å². The third kappa shape index (κ3) is 2.01. The van der Waals surface area contributed by atoms with Crippen LogP contribution in [0.1, 0.15) is 29.3 Å². The molecule has 4 heteroatoms. The molecule has 0 saturated heterocycles. The molecule has 1 aliphatic rings. The zero-order valence-corrected chi connectivity index (χ0v) is 10.2. The number of fused-ring (bicyclic) bond motifs is 1. The zero-order valence-electron chi connectivity index (χ0n) is 10.2. The molecule has 0 aliphatic carbocycles. The largest absolute Gasteiger partial charge is 0.481 e. The summed E-state index contributed by atoms with van der Waals surface area (Å²) in [5.74, 6) is -1.40. The van der Waals surface area contributed by atoms with Gasteiger partial charge >= 0.3 is 5.97 Å². The van der Waals surface area contributed by atoms with Crippen molar-refractivity contribution in [2.75, 3.05) is 6.54 Å². The topological polar surface area (TPSA) is 57.6 Å². The minimum atomic E-state index is -0.843. The quantitative estimate of drug-likeness (QED) is 0.884. The fraction of sp³-hybridized carbons (Fsp3) is 0.286. The molecule has 0 aromatic heterocycles. The van der Waals surface area contributed by atoms with Crippen LogP contribution in [0.25, 0.3) is 5.70 Å². The predicted molar refractivity (Wildman–Crippen MR) is 67.9 cm³/mol. The van der Waals surface area contributed by atoms with Gasteiger partial charge in [-0.3, -0.25) is 9.59 Å². The Labute approximate surface area is 106 Å². The summed E-state index contributed by atoms with van der Waals surface area (Å²) in [7, 11) is 0. The maximum atomic E-state index is 12.1. The molecule has 1 amide bonds. The van der Waals surface area contributed by atoms with Gasteiger partial charge in [0, 0.05) is 23.4 Å². The van der Waals surface area contributed by atoms with E-state index in [2.05, 4.69) is 6.58 Å². The van der Waals surface area contributed by atoms with E-state index in [0.717, 1.165) is 5.56 Å². The zero-order chi connectivity index (χ0) is 13.3. The Hall–Kier alpha value is -2.10. The van der Waals surface area contributed by atoms with Crippen molar-refractivity contribution < 1.29 is 14.7 Å². The van der Waals surface area contributed by atoms with E-state index >= 15 is 0 Å². The van der Waals surface area contributed by atoms with Gasteiger partial charge in [-0.05, 0) is 12.5 Å². The van der Waals surface area contributed by atoms with E-state index < -0.39 is 11.9 Å². The summed E-state index contributed by atoms with van der Waals surface area (Å²) in [6.07, 6.45) is 0.425. The highest BCUT2D eigenvalue weighted by Crippen LogP contribution is 2.31. The molecule has 18 heavy (non-hydrogen) atoms. The fourth-order valence-electron chi connectivity index (χ4n) is 2.02. The molecule has 1 aromatic rings. The highest BCUT2D eigenvalue weighted by molar-refractivity contribution is 6.08. The van der Waals surface area contributed by atoms with E-state index in [1.54, 1.807) is 17.9 Å². The lowest BCUT2D eigenvalue weighted by Gasteiger charge is -2.18. The fourth-order valence-corrected chi connectivity index (χ4v) is 2.02. The number of carboxylic acid groups (broad SMARTS) is 1. The van der Waals surface area contributed by atoms with Crippen LogP contribution in [0.4, 0.5) is 0 Å². The summed E-state index contributed by atoms with van der Waals surface area (Å²) in [6, 6.07) is 7.30. The normalized spacial score (nSPS) is 15.7. The Morgan fingerprint density at radius 1 is 1.39 bits per heavy atom. The van der Waals surface area contributed by atoms with E-state index in [9.17, 15) is 9.59 Å². The second-order valence-electron chi connectivity index (χ2n) is 4.48. The van der Waals surface area contributed by atoms with E-state index in [1.165, 1.54) is 0 Å². The molecule has 0 fully saturated rings. The Morgan fingerprint density at radius 3 is 2.56 bits per heavy atom. The van der Waals surface area contributed by atoms with Crippen LogP contribution < -0.4 is 0 Å². The average molecular weight is 245 g/mol. The van der Waals surface area contributed by atoms with Crippen LogP contribution in [0.15, 0.2) is 30.8 Å². The SMILES string of the molecule is C=C1c2ccccc2C(=O)N1CCC(C)C(=O)O. The van der Waals surface area contributed by atoms with Gasteiger partial charge in [0.1, 0.15) is 0 Å². The van der Waals surface area contributed by atoms with Crippen LogP contribution in [0, 0.1) is 5.92 Å². The molecule has 0 radical (unpaired) electrons. The molecule has 94 valence electrons. The second-order valence-corrected chi connectivity index (χ2v) is 4.48. The first-order valence-electron chi connectivity index (χ1n) is 5.85. The van der Waals surface area contributed by atoms with Gasteiger partial charge in [-0.1, -0.05) is 31.7 Å². The van der Waals surface area contributed by atoms with Crippen LogP contribution >= 0.6 is 0 Å². The predicted octanol–water partition coefficient (Wildman–Crippen LogP) is 2.22. The van der Waals surface area contributed by atoms with Gasteiger partial charge in [0.05, 0.1) is 5.92 Å². The molecule has 1 aliphatic heterocycles. The maximum absolute atomic E-state index is 12.1. The molecular weight excluding hydrogens is 230 g/mol. The number of benzene rings is 1. The smallest absolute Gasteiger partial charge is 0.306 e. The van der Waals surface area contributed by atoms with Crippen molar-refractivity contribution in [1.29, 1.82) is 0 Å². The number of hydrogen-bond acceptors (Lipinski definition) is 2. The van der Waals surface area contributed by atoms with Gasteiger partial charge in [-0.15, -0.1) is 0 Å². The first kappa shape index (κ1) is 12.4. The molecule has 0 spiro atoms. The van der Waals surface area contributed by atoms with Crippen molar-refractivity contribution in [3.8, 4) is 0 Å². The highest BCUT2D eigenvalue weighted by atomic mass is 16.4. The third-order valence-electron chi connectivity index (χ3n) is 3.25. The van der Waals surface area contributed by atoms with Gasteiger partial charge in [0.25, 0.3) is 5.91 Å². The van der Waals surface area contributed by atoms with E-state index in [-0.39, 0.29) is 5.91 Å². The standard InChI is InChI=1S/C14H15NO3/c1-9(14(17)18)7-8-15-10(2)11-5-3-4-6-12(11)13(15)16/h3-6,9H,2,7-8H2,1H3,(H,17,18). The minimum Gasteiger partial charge on any atom is -0.481 e. The lowest BCUT2D eigenvalue weighted by Crippen LogP contribution is -2.26. The summed E-state index contributed by atoms with van der Waals surface area (Å²) in [6.45, 7) is 5.93. The van der Waals surface area contributed by atoms with Gasteiger partial charge in [-0.25, -0.2) is 0 Å². The Morgan fingerprint density at radius 2 is 2.00 bits per heavy atom. The van der Waals surface area contributed by atoms with Gasteiger partial charge in [0.2, 0.25) is 0 Å². The number of amides is 1. The Balaban J connectivity index is 2.12. The summed E-state index contributed by atoms with van der Waals surface area (Å²) < 4.78 is 0. The first-order chi connectivity index (χ1) is 8.52. The molecule has 0 saturated carbocycles. The van der Waals surface area contributed by atoms with Crippen molar-refractivity contribution in [2.45, 2.75) is 13.3 Å². The van der Waals surface area contributed by atoms with Crippen molar-refractivity contribution >= 4 is 17.6 Å². The Bertz CT molecular complexity index is 487. The van der Waals surface area contributed by atoms with Crippen molar-refractivity contribution in [1.82, 2.24) is 4.90 Å². The molecule has 1 N–H and O–H groups in total. The van der Waals surface area contributed by atoms with Crippen LogP contribution in [0.5, 0.6) is 0 Å². The lowest BCUT2D eigenvalue weighted by molar-refractivity contribution is -0.141. The van der Waals surface area contributed by atoms with Crippen LogP contribution in [-0.2, 0) is 4.79 Å². The van der Waals surface area contributed by atoms with Gasteiger partial charge in [0.15, 0.2) is 0 Å². The molecular formula is C14H15NO3. The number of carboxylic acids is 1.